The highest BCUT2D eigenvalue weighted by Crippen LogP contribution is 2.25. The monoisotopic (exact) mass is 252 g/mol. The molecule has 0 aliphatic rings. The van der Waals surface area contributed by atoms with Crippen molar-refractivity contribution in [2.75, 3.05) is 0 Å². The summed E-state index contributed by atoms with van der Waals surface area (Å²) >= 11 is 0. The Bertz CT molecular complexity index is 654. The summed E-state index contributed by atoms with van der Waals surface area (Å²) < 4.78 is 0. The van der Waals surface area contributed by atoms with E-state index in [0.29, 0.717) is 5.56 Å². The number of allylic oxidation sites excluding steroid dienone is 2. The summed E-state index contributed by atoms with van der Waals surface area (Å²) in [4.78, 5) is 11.3. The quantitative estimate of drug-likeness (QED) is 0.817. The van der Waals surface area contributed by atoms with Crippen LogP contribution in [0.2, 0.25) is 0 Å². The largest absolute Gasteiger partial charge is 0.478 e. The fourth-order valence-corrected chi connectivity index (χ4v) is 2.27. The molecule has 2 rings (SSSR count). The Kier molecular flexibility index (Phi) is 3.81. The van der Waals surface area contributed by atoms with E-state index in [9.17, 15) is 9.90 Å². The summed E-state index contributed by atoms with van der Waals surface area (Å²) in [5.41, 5.74) is 2.51. The van der Waals surface area contributed by atoms with E-state index in [1.807, 2.05) is 36.4 Å². The summed E-state index contributed by atoms with van der Waals surface area (Å²) in [7, 11) is 0. The van der Waals surface area contributed by atoms with Crippen molar-refractivity contribution >= 4 is 16.7 Å². The van der Waals surface area contributed by atoms with E-state index in [4.69, 9.17) is 0 Å². The Labute approximate surface area is 112 Å². The van der Waals surface area contributed by atoms with Crippen molar-refractivity contribution in [1.82, 2.24) is 0 Å². The van der Waals surface area contributed by atoms with Gasteiger partial charge in [-0.1, -0.05) is 30.4 Å². The van der Waals surface area contributed by atoms with Crippen LogP contribution in [0.1, 0.15) is 21.5 Å². The average molecular weight is 252 g/mol. The van der Waals surface area contributed by atoms with E-state index in [-0.39, 0.29) is 0 Å². The summed E-state index contributed by atoms with van der Waals surface area (Å²) in [6.45, 7) is 7.45. The first kappa shape index (κ1) is 13.1. The Morgan fingerprint density at radius 2 is 1.79 bits per heavy atom. The van der Waals surface area contributed by atoms with Gasteiger partial charge in [-0.2, -0.15) is 0 Å². The third-order valence-corrected chi connectivity index (χ3v) is 3.15. The van der Waals surface area contributed by atoms with Crippen LogP contribution in [0.25, 0.3) is 10.8 Å². The van der Waals surface area contributed by atoms with Gasteiger partial charge in [0.15, 0.2) is 0 Å². The van der Waals surface area contributed by atoms with Gasteiger partial charge in [0.05, 0.1) is 5.56 Å². The maximum absolute atomic E-state index is 11.3. The van der Waals surface area contributed by atoms with Crippen molar-refractivity contribution in [2.24, 2.45) is 0 Å². The number of hydrogen-bond donors (Lipinski definition) is 1. The first-order valence-corrected chi connectivity index (χ1v) is 6.17. The van der Waals surface area contributed by atoms with Crippen LogP contribution in [-0.2, 0) is 12.8 Å². The third-order valence-electron chi connectivity index (χ3n) is 3.15. The second-order valence-electron chi connectivity index (χ2n) is 4.44. The maximum Gasteiger partial charge on any atom is 0.336 e. The minimum Gasteiger partial charge on any atom is -0.478 e. The highest BCUT2D eigenvalue weighted by atomic mass is 16.4. The molecule has 0 aliphatic carbocycles. The lowest BCUT2D eigenvalue weighted by Gasteiger charge is -2.09. The first-order valence-electron chi connectivity index (χ1n) is 6.17. The van der Waals surface area contributed by atoms with Crippen LogP contribution < -0.4 is 0 Å². The standard InChI is InChI=1S/C17H16O2/c1-3-5-12-7-9-14-13(6-4-2)8-10-15(17(18)19)16(14)11-12/h3-4,7-11H,1-2,5-6H2,(H,18,19). The van der Waals surface area contributed by atoms with E-state index in [1.165, 1.54) is 0 Å². The Morgan fingerprint density at radius 3 is 2.42 bits per heavy atom. The van der Waals surface area contributed by atoms with Crippen LogP contribution in [0.3, 0.4) is 0 Å². The molecular formula is C17H16O2. The fraction of sp³-hybridized carbons (Fsp3) is 0.118. The maximum atomic E-state index is 11.3. The normalized spacial score (nSPS) is 10.3. The molecule has 0 radical (unpaired) electrons. The highest BCUT2D eigenvalue weighted by Gasteiger charge is 2.11. The van der Waals surface area contributed by atoms with Crippen molar-refractivity contribution in [3.63, 3.8) is 0 Å². The number of carboxylic acids is 1. The number of carboxylic acid groups (broad SMARTS) is 1. The van der Waals surface area contributed by atoms with Crippen LogP contribution in [0.15, 0.2) is 55.6 Å². The Balaban J connectivity index is 2.72. The smallest absolute Gasteiger partial charge is 0.336 e. The molecule has 0 spiro atoms. The molecule has 0 unspecified atom stereocenters. The predicted octanol–water partition coefficient (Wildman–Crippen LogP) is 4.00. The van der Waals surface area contributed by atoms with E-state index in [0.717, 1.165) is 34.7 Å². The summed E-state index contributed by atoms with van der Waals surface area (Å²) in [5, 5.41) is 11.0. The van der Waals surface area contributed by atoms with Gasteiger partial charge >= 0.3 is 5.97 Å². The minimum absolute atomic E-state index is 0.341. The zero-order chi connectivity index (χ0) is 13.8. The van der Waals surface area contributed by atoms with Gasteiger partial charge in [0.2, 0.25) is 0 Å². The van der Waals surface area contributed by atoms with Crippen LogP contribution in [0, 0.1) is 0 Å². The van der Waals surface area contributed by atoms with Gasteiger partial charge < -0.3 is 5.11 Å². The molecule has 2 heteroatoms. The molecule has 2 aromatic rings. The molecule has 0 amide bonds. The number of benzene rings is 2. The molecule has 0 aliphatic heterocycles. The summed E-state index contributed by atoms with van der Waals surface area (Å²) in [5.74, 6) is -0.897. The van der Waals surface area contributed by atoms with Crippen molar-refractivity contribution in [2.45, 2.75) is 12.8 Å². The molecule has 0 heterocycles. The van der Waals surface area contributed by atoms with Crippen molar-refractivity contribution < 1.29 is 9.90 Å². The number of aromatic carboxylic acids is 1. The van der Waals surface area contributed by atoms with Gasteiger partial charge in [-0.3, -0.25) is 0 Å². The number of carbonyl (C=O) groups is 1. The van der Waals surface area contributed by atoms with Crippen LogP contribution in [0.4, 0.5) is 0 Å². The third kappa shape index (κ3) is 2.58. The molecule has 1 N–H and O–H groups in total. The summed E-state index contributed by atoms with van der Waals surface area (Å²) in [6.07, 6.45) is 5.11. The van der Waals surface area contributed by atoms with Crippen molar-refractivity contribution in [3.8, 4) is 0 Å². The molecule has 0 saturated heterocycles. The number of hydrogen-bond acceptors (Lipinski definition) is 1. The Hall–Kier alpha value is -2.35. The average Bonchev–Trinajstić information content (AvgIpc) is 2.39. The lowest BCUT2D eigenvalue weighted by Crippen LogP contribution is -1.99. The fourth-order valence-electron chi connectivity index (χ4n) is 2.27. The topological polar surface area (TPSA) is 37.3 Å². The van der Waals surface area contributed by atoms with E-state index in [2.05, 4.69) is 13.2 Å². The van der Waals surface area contributed by atoms with Gasteiger partial charge in [-0.25, -0.2) is 4.79 Å². The van der Waals surface area contributed by atoms with Crippen LogP contribution >= 0.6 is 0 Å². The molecular weight excluding hydrogens is 236 g/mol. The molecule has 96 valence electrons. The van der Waals surface area contributed by atoms with Gasteiger partial charge in [-0.05, 0) is 46.9 Å². The second kappa shape index (κ2) is 5.53. The molecule has 0 saturated carbocycles. The number of rotatable bonds is 5. The Morgan fingerprint density at radius 1 is 1.05 bits per heavy atom. The lowest BCUT2D eigenvalue weighted by atomic mass is 9.95. The lowest BCUT2D eigenvalue weighted by molar-refractivity contribution is 0.0699. The molecule has 0 fully saturated rings. The molecule has 2 nitrogen and oxygen atoms in total. The zero-order valence-corrected chi connectivity index (χ0v) is 10.7. The minimum atomic E-state index is -0.897. The van der Waals surface area contributed by atoms with E-state index in [1.54, 1.807) is 6.07 Å². The second-order valence-corrected chi connectivity index (χ2v) is 4.44. The molecule has 19 heavy (non-hydrogen) atoms. The summed E-state index contributed by atoms with van der Waals surface area (Å²) in [6, 6.07) is 9.47. The molecule has 0 atom stereocenters. The van der Waals surface area contributed by atoms with Crippen molar-refractivity contribution in [1.29, 1.82) is 0 Å². The molecule has 0 aromatic heterocycles. The number of fused-ring (bicyclic) bond motifs is 1. The van der Waals surface area contributed by atoms with Gasteiger partial charge in [0.25, 0.3) is 0 Å². The van der Waals surface area contributed by atoms with Gasteiger partial charge in [-0.15, -0.1) is 13.2 Å². The van der Waals surface area contributed by atoms with Crippen LogP contribution in [0.5, 0.6) is 0 Å². The van der Waals surface area contributed by atoms with Crippen LogP contribution in [-0.4, -0.2) is 11.1 Å². The highest BCUT2D eigenvalue weighted by molar-refractivity contribution is 6.05. The molecule has 2 aromatic carbocycles. The predicted molar refractivity (Wildman–Crippen MR) is 78.7 cm³/mol. The van der Waals surface area contributed by atoms with E-state index < -0.39 is 5.97 Å². The van der Waals surface area contributed by atoms with Crippen molar-refractivity contribution in [3.05, 3.63) is 72.3 Å². The van der Waals surface area contributed by atoms with E-state index >= 15 is 0 Å². The molecule has 0 bridgehead atoms. The SMILES string of the molecule is C=CCc1ccc2c(CC=C)ccc(C(=O)O)c2c1. The zero-order valence-electron chi connectivity index (χ0n) is 10.7. The first-order chi connectivity index (χ1) is 9.17. The van der Waals surface area contributed by atoms with Gasteiger partial charge in [0, 0.05) is 0 Å². The van der Waals surface area contributed by atoms with Gasteiger partial charge in [0.1, 0.15) is 0 Å².